The molecule has 2 aromatic rings. The summed E-state index contributed by atoms with van der Waals surface area (Å²) in [6.45, 7) is 17.3. The van der Waals surface area contributed by atoms with Crippen molar-refractivity contribution in [2.45, 2.75) is 65.6 Å². The smallest absolute Gasteiger partial charge is 0.129 e. The molecular weight excluding hydrogens is 425 g/mol. The van der Waals surface area contributed by atoms with Gasteiger partial charge >= 0.3 is 0 Å². The summed E-state index contributed by atoms with van der Waals surface area (Å²) in [5.74, 6) is -0.0506. The highest BCUT2D eigenvalue weighted by molar-refractivity contribution is 5.69. The molecule has 0 amide bonds. The molecule has 34 heavy (non-hydrogen) atoms. The summed E-state index contributed by atoms with van der Waals surface area (Å²) >= 11 is 0. The number of hydrogen-bond donors (Lipinski definition) is 2. The molecule has 0 fully saturated rings. The highest BCUT2D eigenvalue weighted by Gasteiger charge is 2.41. The highest BCUT2D eigenvalue weighted by atomic mass is 19.1. The van der Waals surface area contributed by atoms with Crippen molar-refractivity contribution < 1.29 is 4.39 Å². The number of rotatable bonds is 0. The maximum Gasteiger partial charge on any atom is 0.129 e. The Kier molecular flexibility index (Phi) is 7.16. The zero-order chi connectivity index (χ0) is 24.5. The van der Waals surface area contributed by atoms with Crippen LogP contribution in [0.15, 0.2) is 24.3 Å². The zero-order valence-corrected chi connectivity index (χ0v) is 21.3. The number of nitrogens with one attached hydrogen (secondary N) is 2. The minimum absolute atomic E-state index is 0.0506. The number of nitriles is 1. The SMILES string of the molecule is CC.CC1CNCc2ccc(F)c3c2N1CC3(C)C.N#Cc1ccc2c3c1CCN3CCNC2. The Bertz CT molecular complexity index is 1090. The summed E-state index contributed by atoms with van der Waals surface area (Å²) in [5, 5.41) is 15.9. The Morgan fingerprint density at radius 1 is 1.03 bits per heavy atom. The molecule has 4 aliphatic heterocycles. The van der Waals surface area contributed by atoms with E-state index in [9.17, 15) is 4.39 Å². The second kappa shape index (κ2) is 9.93. The first-order valence-electron chi connectivity index (χ1n) is 12.7. The van der Waals surface area contributed by atoms with Gasteiger partial charge in [0.05, 0.1) is 11.6 Å². The molecule has 6 rings (SSSR count). The van der Waals surface area contributed by atoms with E-state index in [1.165, 1.54) is 22.4 Å². The van der Waals surface area contributed by atoms with Gasteiger partial charge < -0.3 is 20.4 Å². The van der Waals surface area contributed by atoms with Gasteiger partial charge in [0.1, 0.15) is 5.82 Å². The van der Waals surface area contributed by atoms with Crippen LogP contribution in [-0.2, 0) is 24.9 Å². The largest absolute Gasteiger partial charge is 0.369 e. The lowest BCUT2D eigenvalue weighted by Gasteiger charge is -2.27. The minimum Gasteiger partial charge on any atom is -0.369 e. The molecule has 0 bridgehead atoms. The molecule has 0 saturated heterocycles. The lowest BCUT2D eigenvalue weighted by atomic mass is 9.85. The van der Waals surface area contributed by atoms with Crippen molar-refractivity contribution in [3.63, 3.8) is 0 Å². The van der Waals surface area contributed by atoms with E-state index >= 15 is 0 Å². The number of hydrogen-bond acceptors (Lipinski definition) is 5. The Morgan fingerprint density at radius 2 is 1.74 bits per heavy atom. The minimum atomic E-state index is -0.0823. The molecule has 0 spiro atoms. The van der Waals surface area contributed by atoms with Crippen LogP contribution in [0.2, 0.25) is 0 Å². The molecule has 0 radical (unpaired) electrons. The lowest BCUT2D eigenvalue weighted by molar-refractivity contribution is 0.486. The molecule has 2 N–H and O–H groups in total. The standard InChI is InChI=1S/C14H19FN2.C12H13N3.C2H6/c1-9-6-16-7-10-4-5-11(15)12-13(10)17(9)8-14(12,2)3;13-7-9-1-2-10-8-14-4-6-15-5-3-11(9)12(10)15;1-2/h4-5,9,16H,6-8H2,1-3H3;1-2,14H,3-6,8H2;1-2H3. The van der Waals surface area contributed by atoms with Crippen LogP contribution in [0, 0.1) is 17.1 Å². The van der Waals surface area contributed by atoms with E-state index in [0.717, 1.165) is 69.0 Å². The quantitative estimate of drug-likeness (QED) is 0.604. The van der Waals surface area contributed by atoms with Crippen molar-refractivity contribution in [1.29, 1.82) is 5.26 Å². The van der Waals surface area contributed by atoms with E-state index < -0.39 is 0 Å². The van der Waals surface area contributed by atoms with Crippen molar-refractivity contribution in [2.75, 3.05) is 42.5 Å². The van der Waals surface area contributed by atoms with Crippen LogP contribution in [0.5, 0.6) is 0 Å². The van der Waals surface area contributed by atoms with Crippen LogP contribution in [0.4, 0.5) is 15.8 Å². The van der Waals surface area contributed by atoms with Gasteiger partial charge in [-0.15, -0.1) is 0 Å². The Hall–Kier alpha value is -2.62. The summed E-state index contributed by atoms with van der Waals surface area (Å²) in [5.41, 5.74) is 8.00. The second-order valence-corrected chi connectivity index (χ2v) is 10.0. The molecule has 1 atom stereocenters. The van der Waals surface area contributed by atoms with Gasteiger partial charge in [0.15, 0.2) is 0 Å². The molecule has 1 unspecified atom stereocenters. The molecule has 182 valence electrons. The molecule has 4 aliphatic rings. The average molecular weight is 464 g/mol. The van der Waals surface area contributed by atoms with Crippen molar-refractivity contribution in [3.8, 4) is 6.07 Å². The molecule has 2 aromatic carbocycles. The number of nitrogens with zero attached hydrogens (tertiary/aromatic N) is 3. The highest BCUT2D eigenvalue weighted by Crippen LogP contribution is 2.45. The monoisotopic (exact) mass is 463 g/mol. The predicted molar refractivity (Wildman–Crippen MR) is 138 cm³/mol. The van der Waals surface area contributed by atoms with Crippen molar-refractivity contribution in [3.05, 3.63) is 57.9 Å². The Labute approximate surface area is 203 Å². The normalized spacial score (nSPS) is 21.0. The number of benzene rings is 2. The van der Waals surface area contributed by atoms with Crippen LogP contribution in [0.3, 0.4) is 0 Å². The van der Waals surface area contributed by atoms with Gasteiger partial charge in [-0.05, 0) is 42.2 Å². The third-order valence-electron chi connectivity index (χ3n) is 7.34. The fourth-order valence-corrected chi connectivity index (χ4v) is 5.81. The second-order valence-electron chi connectivity index (χ2n) is 10.0. The zero-order valence-electron chi connectivity index (χ0n) is 21.3. The van der Waals surface area contributed by atoms with E-state index in [4.69, 9.17) is 5.26 Å². The molecule has 0 aliphatic carbocycles. The summed E-state index contributed by atoms with van der Waals surface area (Å²) < 4.78 is 14.1. The topological polar surface area (TPSA) is 54.3 Å². The van der Waals surface area contributed by atoms with Crippen LogP contribution in [0.1, 0.15) is 62.4 Å². The first-order chi connectivity index (χ1) is 16.4. The molecule has 4 heterocycles. The van der Waals surface area contributed by atoms with Crippen LogP contribution < -0.4 is 20.4 Å². The van der Waals surface area contributed by atoms with Gasteiger partial charge in [-0.2, -0.15) is 5.26 Å². The van der Waals surface area contributed by atoms with E-state index in [-0.39, 0.29) is 11.2 Å². The Balaban J connectivity index is 0.000000151. The number of anilines is 2. The summed E-state index contributed by atoms with van der Waals surface area (Å²) in [6.07, 6.45) is 1.03. The van der Waals surface area contributed by atoms with Crippen LogP contribution in [0.25, 0.3) is 0 Å². The van der Waals surface area contributed by atoms with E-state index in [1.54, 1.807) is 6.07 Å². The van der Waals surface area contributed by atoms with Gasteiger partial charge in [-0.1, -0.05) is 39.8 Å². The summed E-state index contributed by atoms with van der Waals surface area (Å²) in [4.78, 5) is 4.78. The maximum absolute atomic E-state index is 14.1. The van der Waals surface area contributed by atoms with Crippen molar-refractivity contribution in [1.82, 2.24) is 10.6 Å². The number of halogens is 1. The third-order valence-corrected chi connectivity index (χ3v) is 7.34. The fourth-order valence-electron chi connectivity index (χ4n) is 5.81. The molecule has 5 nitrogen and oxygen atoms in total. The maximum atomic E-state index is 14.1. The first-order valence-corrected chi connectivity index (χ1v) is 12.7. The van der Waals surface area contributed by atoms with Crippen molar-refractivity contribution >= 4 is 11.4 Å². The van der Waals surface area contributed by atoms with E-state index in [0.29, 0.717) is 6.04 Å². The van der Waals surface area contributed by atoms with E-state index in [2.05, 4.69) is 53.3 Å². The lowest BCUT2D eigenvalue weighted by Crippen LogP contribution is -2.39. The predicted octanol–water partition coefficient (Wildman–Crippen LogP) is 4.47. The van der Waals surface area contributed by atoms with Crippen LogP contribution >= 0.6 is 0 Å². The third kappa shape index (κ3) is 4.28. The van der Waals surface area contributed by atoms with Crippen LogP contribution in [-0.4, -0.2) is 38.8 Å². The van der Waals surface area contributed by atoms with Gasteiger partial charge in [0.2, 0.25) is 0 Å². The molecule has 0 aromatic heterocycles. The van der Waals surface area contributed by atoms with Crippen molar-refractivity contribution in [2.24, 2.45) is 0 Å². The summed E-state index contributed by atoms with van der Waals surface area (Å²) in [6, 6.07) is 10.3. The van der Waals surface area contributed by atoms with Gasteiger partial charge in [0, 0.05) is 74.2 Å². The molecular formula is C28H38FN5. The van der Waals surface area contributed by atoms with Gasteiger partial charge in [-0.25, -0.2) is 4.39 Å². The van der Waals surface area contributed by atoms with Gasteiger partial charge in [-0.3, -0.25) is 0 Å². The molecule has 6 heteroatoms. The van der Waals surface area contributed by atoms with E-state index in [1.807, 2.05) is 26.0 Å². The van der Waals surface area contributed by atoms with Gasteiger partial charge in [0.25, 0.3) is 0 Å². The summed E-state index contributed by atoms with van der Waals surface area (Å²) in [7, 11) is 0. The Morgan fingerprint density at radius 3 is 2.50 bits per heavy atom. The molecule has 0 saturated carbocycles. The average Bonchev–Trinajstić information content (AvgIpc) is 3.25. The fraction of sp³-hybridized carbons (Fsp3) is 0.536. The first kappa shape index (κ1) is 24.5.